The van der Waals surface area contributed by atoms with Crippen molar-refractivity contribution in [1.82, 2.24) is 55.6 Å². The molecule has 0 spiro atoms. The maximum atomic E-state index is 14.8. The molecule has 462 valence electrons. The summed E-state index contributed by atoms with van der Waals surface area (Å²) in [6, 6.07) is -6.63. The van der Waals surface area contributed by atoms with Gasteiger partial charge in [0.15, 0.2) is 0 Å². The van der Waals surface area contributed by atoms with E-state index in [1.54, 1.807) is 40.0 Å². The quantitative estimate of drug-likeness (QED) is 0.131. The Morgan fingerprint density at radius 1 is 0.580 bits per heavy atom. The summed E-state index contributed by atoms with van der Waals surface area (Å²) in [6.45, 7) is 18.8. The first-order valence-corrected chi connectivity index (χ1v) is 28.9. The molecule has 23 nitrogen and oxygen atoms in total. The van der Waals surface area contributed by atoms with E-state index in [4.69, 9.17) is 5.11 Å². The van der Waals surface area contributed by atoms with Crippen LogP contribution in [-0.2, 0) is 52.7 Å². The molecule has 1 heterocycles. The van der Waals surface area contributed by atoms with E-state index < -0.39 is 127 Å². The summed E-state index contributed by atoms with van der Waals surface area (Å²) in [5.41, 5.74) is 0. The van der Waals surface area contributed by atoms with Gasteiger partial charge in [-0.2, -0.15) is 0 Å². The molecule has 5 N–H and O–H groups in total. The molecule has 1 saturated heterocycles. The summed E-state index contributed by atoms with van der Waals surface area (Å²) >= 11 is 0. The highest BCUT2D eigenvalue weighted by Crippen LogP contribution is 2.22. The summed E-state index contributed by atoms with van der Waals surface area (Å²) in [7, 11) is 10.2. The number of aliphatic carboxylic acids is 1. The zero-order valence-electron chi connectivity index (χ0n) is 52.3. The molecule has 0 saturated carbocycles. The average molecular weight is 1150 g/mol. The van der Waals surface area contributed by atoms with Crippen molar-refractivity contribution < 1.29 is 57.8 Å². The molecule has 0 aliphatic carbocycles. The van der Waals surface area contributed by atoms with Gasteiger partial charge >= 0.3 is 5.97 Å². The van der Waals surface area contributed by atoms with Gasteiger partial charge in [-0.3, -0.25) is 52.7 Å². The average Bonchev–Trinajstić information content (AvgIpc) is 3.38. The summed E-state index contributed by atoms with van der Waals surface area (Å²) in [5, 5.41) is 20.7. The normalized spacial score (nSPS) is 24.3. The van der Waals surface area contributed by atoms with Crippen LogP contribution in [0.4, 0.5) is 0 Å². The van der Waals surface area contributed by atoms with Crippen molar-refractivity contribution in [2.24, 2.45) is 29.6 Å². The van der Waals surface area contributed by atoms with Gasteiger partial charge in [-0.1, -0.05) is 87.8 Å². The summed E-state index contributed by atoms with van der Waals surface area (Å²) < 4.78 is 0. The highest BCUT2D eigenvalue weighted by atomic mass is 16.4. The largest absolute Gasteiger partial charge is 0.481 e. The van der Waals surface area contributed by atoms with Crippen LogP contribution in [0, 0.1) is 29.6 Å². The molecule has 1 aliphatic heterocycles. The van der Waals surface area contributed by atoms with E-state index in [1.165, 1.54) is 71.7 Å². The van der Waals surface area contributed by atoms with Crippen LogP contribution in [0.25, 0.3) is 0 Å². The SMILES string of the molecule is CCCC1NCC(C)NC(=O)CN(C)C(=O)C(C(C)C)NC(=O)C(CC(C)C)N(C)C(=O)CN(C)C(=O)CNC(=O)C(CC(C)CC=CCCC(=O)O)N(C)C(=O)CN(C)C(=O)C(CC(C)C)N(C)C(=O)C(CCC(C)C)N(C)C1=O. The van der Waals surface area contributed by atoms with Gasteiger partial charge in [0.05, 0.1) is 32.2 Å². The van der Waals surface area contributed by atoms with E-state index in [1.807, 2.05) is 55.4 Å². The van der Waals surface area contributed by atoms with Crippen LogP contribution in [0.1, 0.15) is 140 Å². The molecular weight excluding hydrogens is 1040 g/mol. The molecule has 81 heavy (non-hydrogen) atoms. The second kappa shape index (κ2) is 35.7. The van der Waals surface area contributed by atoms with E-state index in [-0.39, 0.29) is 68.4 Å². The van der Waals surface area contributed by atoms with Crippen molar-refractivity contribution in [1.29, 1.82) is 0 Å². The molecule has 0 aromatic carbocycles. The Morgan fingerprint density at radius 3 is 1.64 bits per heavy atom. The van der Waals surface area contributed by atoms with E-state index in [9.17, 15) is 52.7 Å². The second-order valence-electron chi connectivity index (χ2n) is 24.0. The predicted molar refractivity (Wildman–Crippen MR) is 311 cm³/mol. The number of rotatable bonds is 17. The van der Waals surface area contributed by atoms with Gasteiger partial charge in [-0.15, -0.1) is 0 Å². The predicted octanol–water partition coefficient (Wildman–Crippen LogP) is 2.57. The molecule has 10 amide bonds. The molecule has 0 aromatic rings. The number of likely N-dealkylation sites (N-methyl/N-ethyl adjacent to an activating group) is 7. The lowest BCUT2D eigenvalue weighted by molar-refractivity contribution is -0.152. The monoisotopic (exact) mass is 1150 g/mol. The summed E-state index contributed by atoms with van der Waals surface area (Å²) in [5.74, 6) is -7.24. The minimum absolute atomic E-state index is 0.0619. The molecule has 0 radical (unpaired) electrons. The highest BCUT2D eigenvalue weighted by molar-refractivity contribution is 5.97. The zero-order chi connectivity index (χ0) is 62.2. The van der Waals surface area contributed by atoms with Gasteiger partial charge in [0.2, 0.25) is 59.1 Å². The Hall–Kier alpha value is -6.13. The van der Waals surface area contributed by atoms with Crippen molar-refractivity contribution in [3.05, 3.63) is 12.2 Å². The fourth-order valence-electron chi connectivity index (χ4n) is 9.49. The molecule has 1 rings (SSSR count). The number of amides is 10. The van der Waals surface area contributed by atoms with Crippen LogP contribution in [-0.4, -0.2) is 229 Å². The number of allylic oxidation sites excluding steroid dienone is 2. The number of hydrogen-bond donors (Lipinski definition) is 5. The van der Waals surface area contributed by atoms with Crippen LogP contribution < -0.4 is 21.3 Å². The topological polar surface area (TPSA) is 279 Å². The second-order valence-corrected chi connectivity index (χ2v) is 24.0. The molecule has 8 unspecified atom stereocenters. The number of nitrogens with one attached hydrogen (secondary N) is 4. The number of carbonyl (C=O) groups excluding carboxylic acids is 10. The van der Waals surface area contributed by atoms with Crippen LogP contribution in [0.2, 0.25) is 0 Å². The molecule has 0 aromatic heterocycles. The lowest BCUT2D eigenvalue weighted by Crippen LogP contribution is -2.58. The minimum atomic E-state index is -1.17. The number of hydrogen-bond acceptors (Lipinski definition) is 12. The van der Waals surface area contributed by atoms with E-state index in [0.29, 0.717) is 38.5 Å². The smallest absolute Gasteiger partial charge is 0.303 e. The molecular formula is C58H103N11O12. The minimum Gasteiger partial charge on any atom is -0.481 e. The number of carbonyl (C=O) groups is 11. The van der Waals surface area contributed by atoms with Gasteiger partial charge in [0, 0.05) is 68.3 Å². The first-order valence-electron chi connectivity index (χ1n) is 28.9. The van der Waals surface area contributed by atoms with Gasteiger partial charge in [-0.05, 0) is 87.9 Å². The Balaban J connectivity index is 3.96. The van der Waals surface area contributed by atoms with Crippen molar-refractivity contribution in [2.75, 3.05) is 82.1 Å². The number of carboxylic acids is 1. The molecule has 23 heteroatoms. The van der Waals surface area contributed by atoms with Gasteiger partial charge in [0.25, 0.3) is 0 Å². The standard InChI is InChI=1S/C58H103N11O12/c1-19-23-42-55(78)68(17)43(27-26-36(2)3)57(80)69(18)46(29-38(6)7)56(79)65(14)35-50(73)67(16)45(30-40(10)24-21-20-22-25-51(74)75)53(76)60-32-48(71)63(12)34-49(72)66(15)44(28-37(4)5)54(77)62-52(39(8)9)58(81)64(13)33-47(70)61-41(11)31-59-42/h20-21,36-46,52,59H,19,22-35H2,1-18H3,(H,60,76)(H,61,70)(H,62,77)(H,74,75). The molecule has 1 fully saturated rings. The van der Waals surface area contributed by atoms with Gasteiger partial charge in [-0.25, -0.2) is 0 Å². The third-order valence-corrected chi connectivity index (χ3v) is 14.7. The van der Waals surface area contributed by atoms with Crippen molar-refractivity contribution in [3.63, 3.8) is 0 Å². The van der Waals surface area contributed by atoms with E-state index >= 15 is 0 Å². The maximum Gasteiger partial charge on any atom is 0.303 e. The van der Waals surface area contributed by atoms with E-state index in [0.717, 1.165) is 4.90 Å². The summed E-state index contributed by atoms with van der Waals surface area (Å²) in [6.07, 6.45) is 6.58. The van der Waals surface area contributed by atoms with Crippen LogP contribution in [0.5, 0.6) is 0 Å². The molecule has 0 bridgehead atoms. The Kier molecular flexibility index (Phi) is 32.1. The van der Waals surface area contributed by atoms with Crippen LogP contribution in [0.15, 0.2) is 12.2 Å². The Labute approximate surface area is 483 Å². The zero-order valence-corrected chi connectivity index (χ0v) is 52.3. The summed E-state index contributed by atoms with van der Waals surface area (Å²) in [4.78, 5) is 161. The molecule has 1 aliphatic rings. The van der Waals surface area contributed by atoms with E-state index in [2.05, 4.69) is 21.3 Å². The van der Waals surface area contributed by atoms with Gasteiger partial charge in [0.1, 0.15) is 30.2 Å². The first kappa shape index (κ1) is 72.9. The third kappa shape index (κ3) is 24.9. The van der Waals surface area contributed by atoms with Crippen LogP contribution in [0.3, 0.4) is 0 Å². The highest BCUT2D eigenvalue weighted by Gasteiger charge is 2.40. The first-order chi connectivity index (χ1) is 37.7. The lowest BCUT2D eigenvalue weighted by atomic mass is 9.96. The Bertz CT molecular complexity index is 2150. The van der Waals surface area contributed by atoms with Gasteiger partial charge < -0.3 is 60.7 Å². The maximum absolute atomic E-state index is 14.8. The lowest BCUT2D eigenvalue weighted by Gasteiger charge is -2.38. The fraction of sp³-hybridized carbons (Fsp3) is 0.776. The number of nitrogens with zero attached hydrogens (tertiary/aromatic N) is 7. The fourth-order valence-corrected chi connectivity index (χ4v) is 9.49. The number of carboxylic acid groups (broad SMARTS) is 1. The molecule has 8 atom stereocenters. The third-order valence-electron chi connectivity index (χ3n) is 14.7. The van der Waals surface area contributed by atoms with Crippen molar-refractivity contribution >= 4 is 65.0 Å². The Morgan fingerprint density at radius 2 is 1.11 bits per heavy atom. The van der Waals surface area contributed by atoms with Crippen molar-refractivity contribution in [2.45, 2.75) is 183 Å². The van der Waals surface area contributed by atoms with Crippen LogP contribution >= 0.6 is 0 Å². The van der Waals surface area contributed by atoms with Crippen molar-refractivity contribution in [3.8, 4) is 0 Å².